The maximum Gasteiger partial charge on any atom is 0.231 e. The molecule has 27 heavy (non-hydrogen) atoms. The minimum Gasteiger partial charge on any atom is -0.454 e. The fraction of sp³-hybridized carbons (Fsp3) is 0.500. The Morgan fingerprint density at radius 3 is 2.70 bits per heavy atom. The Balaban J connectivity index is 1.70. The van der Waals surface area contributed by atoms with Crippen molar-refractivity contribution in [2.75, 3.05) is 13.3 Å². The lowest BCUT2D eigenvalue weighted by Crippen LogP contribution is -2.37. The van der Waals surface area contributed by atoms with Gasteiger partial charge in [-0.05, 0) is 37.5 Å². The first kappa shape index (κ1) is 19.1. The van der Waals surface area contributed by atoms with Crippen LogP contribution in [0.2, 0.25) is 0 Å². The molecule has 0 spiro atoms. The average molecular weight is 371 g/mol. The summed E-state index contributed by atoms with van der Waals surface area (Å²) in [6.45, 7) is 8.76. The van der Waals surface area contributed by atoms with Gasteiger partial charge in [-0.15, -0.1) is 0 Å². The van der Waals surface area contributed by atoms with Gasteiger partial charge in [-0.1, -0.05) is 19.9 Å². The predicted octanol–water partition coefficient (Wildman–Crippen LogP) is 2.53. The van der Waals surface area contributed by atoms with E-state index in [1.54, 1.807) is 0 Å². The lowest BCUT2D eigenvalue weighted by Gasteiger charge is -2.12. The lowest BCUT2D eigenvalue weighted by molar-refractivity contribution is 0.174. The van der Waals surface area contributed by atoms with Gasteiger partial charge in [-0.25, -0.2) is 4.99 Å². The number of nitrogens with one attached hydrogen (secondary N) is 2. The van der Waals surface area contributed by atoms with Gasteiger partial charge in [0, 0.05) is 31.4 Å². The minimum absolute atomic E-state index is 0.289. The first-order valence-electron chi connectivity index (χ1n) is 9.60. The van der Waals surface area contributed by atoms with Crippen molar-refractivity contribution in [1.29, 1.82) is 0 Å². The molecule has 1 aliphatic heterocycles. The Labute approximate surface area is 160 Å². The van der Waals surface area contributed by atoms with Crippen LogP contribution in [0.5, 0.6) is 11.5 Å². The van der Waals surface area contributed by atoms with Crippen LogP contribution in [-0.2, 0) is 33.0 Å². The van der Waals surface area contributed by atoms with Crippen LogP contribution in [0.1, 0.15) is 43.3 Å². The Hall–Kier alpha value is -2.70. The van der Waals surface area contributed by atoms with Crippen molar-refractivity contribution in [1.82, 2.24) is 20.4 Å². The number of hydrogen-bond donors (Lipinski definition) is 2. The van der Waals surface area contributed by atoms with Gasteiger partial charge in [0.2, 0.25) is 6.79 Å². The van der Waals surface area contributed by atoms with Gasteiger partial charge < -0.3 is 20.1 Å². The Kier molecular flexibility index (Phi) is 6.21. The van der Waals surface area contributed by atoms with Crippen LogP contribution >= 0.6 is 0 Å². The van der Waals surface area contributed by atoms with Gasteiger partial charge in [0.25, 0.3) is 0 Å². The molecule has 0 unspecified atom stereocenters. The summed E-state index contributed by atoms with van der Waals surface area (Å²) in [5.41, 5.74) is 4.77. The molecule has 7 nitrogen and oxygen atoms in total. The van der Waals surface area contributed by atoms with Crippen molar-refractivity contribution in [3.63, 3.8) is 0 Å². The van der Waals surface area contributed by atoms with E-state index in [1.807, 2.05) is 29.9 Å². The van der Waals surface area contributed by atoms with E-state index in [9.17, 15) is 0 Å². The number of rotatable bonds is 7. The molecule has 0 saturated carbocycles. The van der Waals surface area contributed by atoms with E-state index >= 15 is 0 Å². The number of guanidine groups is 1. The van der Waals surface area contributed by atoms with Crippen molar-refractivity contribution in [2.24, 2.45) is 12.0 Å². The Bertz CT molecular complexity index is 813. The fourth-order valence-corrected chi connectivity index (χ4v) is 3.32. The molecule has 0 amide bonds. The molecule has 0 atom stereocenters. The molecule has 1 aromatic heterocycles. The number of aryl methyl sites for hydroxylation is 2. The zero-order valence-corrected chi connectivity index (χ0v) is 16.6. The van der Waals surface area contributed by atoms with E-state index in [0.717, 1.165) is 48.1 Å². The molecule has 146 valence electrons. The topological polar surface area (TPSA) is 72.7 Å². The molecular formula is C20H29N5O2. The van der Waals surface area contributed by atoms with Gasteiger partial charge in [-0.3, -0.25) is 4.68 Å². The number of fused-ring (bicyclic) bond motifs is 1. The largest absolute Gasteiger partial charge is 0.454 e. The second-order valence-corrected chi connectivity index (χ2v) is 6.44. The molecule has 0 aliphatic carbocycles. The predicted molar refractivity (Wildman–Crippen MR) is 106 cm³/mol. The van der Waals surface area contributed by atoms with E-state index in [1.165, 1.54) is 11.3 Å². The minimum atomic E-state index is 0.289. The van der Waals surface area contributed by atoms with Crippen LogP contribution in [0.25, 0.3) is 0 Å². The van der Waals surface area contributed by atoms with E-state index in [0.29, 0.717) is 13.1 Å². The lowest BCUT2D eigenvalue weighted by atomic mass is 10.1. The highest BCUT2D eigenvalue weighted by atomic mass is 16.7. The molecule has 2 heterocycles. The average Bonchev–Trinajstić information content (AvgIpc) is 3.26. The highest BCUT2D eigenvalue weighted by molar-refractivity contribution is 5.79. The Morgan fingerprint density at radius 1 is 1.15 bits per heavy atom. The van der Waals surface area contributed by atoms with Crippen LogP contribution in [0.3, 0.4) is 0 Å². The van der Waals surface area contributed by atoms with E-state index in [-0.39, 0.29) is 6.79 Å². The highest BCUT2D eigenvalue weighted by Gasteiger charge is 2.15. The van der Waals surface area contributed by atoms with Crippen LogP contribution < -0.4 is 20.1 Å². The SMILES string of the molecule is CCNC(=NCc1ccc2c(c1)OCO2)NCc1c(CC)nn(C)c1CC. The first-order valence-corrected chi connectivity index (χ1v) is 9.60. The molecule has 1 aliphatic rings. The number of nitrogens with zero attached hydrogens (tertiary/aromatic N) is 3. The summed E-state index contributed by atoms with van der Waals surface area (Å²) in [5, 5.41) is 11.4. The summed E-state index contributed by atoms with van der Waals surface area (Å²) in [6, 6.07) is 5.94. The molecule has 0 radical (unpaired) electrons. The summed E-state index contributed by atoms with van der Waals surface area (Å²) in [4.78, 5) is 4.71. The molecule has 0 bridgehead atoms. The van der Waals surface area contributed by atoms with Crippen LogP contribution in [0, 0.1) is 0 Å². The maximum atomic E-state index is 5.44. The van der Waals surface area contributed by atoms with Gasteiger partial charge in [-0.2, -0.15) is 5.10 Å². The first-order chi connectivity index (χ1) is 13.2. The van der Waals surface area contributed by atoms with E-state index in [4.69, 9.17) is 14.5 Å². The third kappa shape index (κ3) is 4.35. The fourth-order valence-electron chi connectivity index (χ4n) is 3.32. The smallest absolute Gasteiger partial charge is 0.231 e. The van der Waals surface area contributed by atoms with Gasteiger partial charge in [0.05, 0.1) is 12.2 Å². The summed E-state index contributed by atoms with van der Waals surface area (Å²) in [5.74, 6) is 2.38. The quantitative estimate of drug-likeness (QED) is 0.578. The van der Waals surface area contributed by atoms with Crippen molar-refractivity contribution in [3.05, 3.63) is 40.7 Å². The summed E-state index contributed by atoms with van der Waals surface area (Å²) < 4.78 is 12.8. The van der Waals surface area contributed by atoms with Crippen molar-refractivity contribution in [3.8, 4) is 11.5 Å². The monoisotopic (exact) mass is 371 g/mol. The molecular weight excluding hydrogens is 342 g/mol. The second-order valence-electron chi connectivity index (χ2n) is 6.44. The van der Waals surface area contributed by atoms with Gasteiger partial charge in [0.1, 0.15) is 0 Å². The van der Waals surface area contributed by atoms with E-state index < -0.39 is 0 Å². The van der Waals surface area contributed by atoms with Crippen molar-refractivity contribution >= 4 is 5.96 Å². The van der Waals surface area contributed by atoms with Gasteiger partial charge in [0.15, 0.2) is 17.5 Å². The zero-order chi connectivity index (χ0) is 19.2. The number of aromatic nitrogens is 2. The number of ether oxygens (including phenoxy) is 2. The van der Waals surface area contributed by atoms with Crippen LogP contribution in [0.4, 0.5) is 0 Å². The van der Waals surface area contributed by atoms with Crippen LogP contribution in [0.15, 0.2) is 23.2 Å². The second kappa shape index (κ2) is 8.79. The maximum absolute atomic E-state index is 5.44. The molecule has 2 aromatic rings. The summed E-state index contributed by atoms with van der Waals surface area (Å²) >= 11 is 0. The molecule has 7 heteroatoms. The highest BCUT2D eigenvalue weighted by Crippen LogP contribution is 2.32. The van der Waals surface area contributed by atoms with Crippen LogP contribution in [-0.4, -0.2) is 29.1 Å². The van der Waals surface area contributed by atoms with E-state index in [2.05, 4.69) is 36.5 Å². The third-order valence-electron chi connectivity index (χ3n) is 4.66. The zero-order valence-electron chi connectivity index (χ0n) is 16.6. The molecule has 3 rings (SSSR count). The Morgan fingerprint density at radius 2 is 1.96 bits per heavy atom. The number of hydrogen-bond acceptors (Lipinski definition) is 4. The normalized spacial score (nSPS) is 13.1. The molecule has 2 N–H and O–H groups in total. The third-order valence-corrected chi connectivity index (χ3v) is 4.66. The summed E-state index contributed by atoms with van der Waals surface area (Å²) in [6.07, 6.45) is 1.89. The summed E-state index contributed by atoms with van der Waals surface area (Å²) in [7, 11) is 2.01. The number of benzene rings is 1. The standard InChI is InChI=1S/C20H29N5O2/c1-5-16-15(17(6-2)25(4)24-16)12-23-20(21-7-3)22-11-14-8-9-18-19(10-14)27-13-26-18/h8-10H,5-7,11-13H2,1-4H3,(H2,21,22,23). The van der Waals surface area contributed by atoms with Crippen molar-refractivity contribution in [2.45, 2.75) is 46.7 Å². The molecule has 0 saturated heterocycles. The number of aliphatic imine (C=N–C) groups is 1. The van der Waals surface area contributed by atoms with Crippen molar-refractivity contribution < 1.29 is 9.47 Å². The molecule has 1 aromatic carbocycles. The van der Waals surface area contributed by atoms with Gasteiger partial charge >= 0.3 is 0 Å². The molecule has 0 fully saturated rings.